The highest BCUT2D eigenvalue weighted by Crippen LogP contribution is 2.57. The molecule has 23 aromatic rings. The van der Waals surface area contributed by atoms with Crippen LogP contribution in [0.3, 0.4) is 0 Å². The SMILES string of the molecule is CC(C)(C)c1cc2c3c(c1)N(c1c(-c4ccccc4)cc(-c4ccc5c(c4)c4ccccc4n5-c4ccccc4)cc1-c1ccccc1)c1ccc(-c4cccc5c4oc4ccccc45)cc1B3c1cc(-c3cccc4c3oc3ccccc34)ccc1N2c1c(-c2ccccc2)cc(-c2ccc3c(c2)c2ccccc2n3-c2ccccc2)cc1-c1ccccc1. The highest BCUT2D eigenvalue weighted by atomic mass is 16.3. The molecule has 0 N–H and O–H groups in total. The largest absolute Gasteiger partial charge is 0.455 e. The number of furan rings is 2. The minimum Gasteiger partial charge on any atom is -0.455 e. The van der Waals surface area contributed by atoms with Crippen molar-refractivity contribution in [2.24, 2.45) is 0 Å². The minimum absolute atomic E-state index is 0.384. The van der Waals surface area contributed by atoms with Crippen molar-refractivity contribution in [1.82, 2.24) is 9.13 Å². The van der Waals surface area contributed by atoms with Crippen LogP contribution in [-0.2, 0) is 5.41 Å². The average molecular weight is 1600 g/mol. The number of fused-ring (bicyclic) bond motifs is 16. The summed E-state index contributed by atoms with van der Waals surface area (Å²) < 4.78 is 19.0. The van der Waals surface area contributed by atoms with Crippen LogP contribution < -0.4 is 26.2 Å². The average Bonchev–Trinajstić information content (AvgIpc) is 1.57. The number of hydrogen-bond acceptors (Lipinski definition) is 4. The number of nitrogens with zero attached hydrogens (tertiary/aromatic N) is 4. The number of benzene rings is 19. The maximum atomic E-state index is 7.10. The summed E-state index contributed by atoms with van der Waals surface area (Å²) in [7, 11) is 0. The molecular weight excluding hydrogens is 1520 g/mol. The van der Waals surface area contributed by atoms with Gasteiger partial charge in [0, 0.05) is 111 Å². The lowest BCUT2D eigenvalue weighted by atomic mass is 9.33. The molecule has 19 aromatic carbocycles. The van der Waals surface area contributed by atoms with Crippen molar-refractivity contribution in [3.05, 3.63) is 430 Å². The second kappa shape index (κ2) is 28.3. The zero-order valence-corrected chi connectivity index (χ0v) is 69.1. The maximum Gasteiger partial charge on any atom is 0.252 e. The normalized spacial score (nSPS) is 12.6. The molecule has 6 heterocycles. The molecular formula is C118H79BN4O2. The topological polar surface area (TPSA) is 42.6 Å². The number of anilines is 6. The van der Waals surface area contributed by atoms with Gasteiger partial charge in [0.2, 0.25) is 0 Å². The quantitative estimate of drug-likeness (QED) is 0.114. The summed E-state index contributed by atoms with van der Waals surface area (Å²) in [6.45, 7) is 6.78. The monoisotopic (exact) mass is 1590 g/mol. The van der Waals surface area contributed by atoms with E-state index in [-0.39, 0.29) is 6.71 Å². The van der Waals surface area contributed by atoms with Crippen molar-refractivity contribution in [3.8, 4) is 100 Å². The van der Waals surface area contributed by atoms with Crippen LogP contribution in [0, 0.1) is 0 Å². The lowest BCUT2D eigenvalue weighted by Crippen LogP contribution is -2.61. The Bertz CT molecular complexity index is 7730. The molecule has 0 aliphatic carbocycles. The molecule has 586 valence electrons. The first-order valence-electron chi connectivity index (χ1n) is 43.3. The van der Waals surface area contributed by atoms with Crippen LogP contribution >= 0.6 is 0 Å². The van der Waals surface area contributed by atoms with E-state index >= 15 is 0 Å². The highest BCUT2D eigenvalue weighted by Gasteiger charge is 2.47. The Kier molecular flexibility index (Phi) is 16.3. The number of aromatic nitrogens is 2. The molecule has 2 aliphatic heterocycles. The standard InChI is InChI=1S/C118H79BN4O2/c1-118(2,3)84-72-109-113-110(73-84)123(115-97(76-36-14-6-15-37-76)68-83(69-98(115)77-38-16-7-17-39-77)79-57-61-106-100(65-79)90-45-23-27-53-104(90)121(106)86-42-20-9-21-43-86)108-63-59-81(88-49-31-51-94-92-47-25-29-55-112(92)125-117(88)94)71-102(108)119(113)101-70-80(87-48-30-50-93-91-46-24-28-54-111(91)124-116(87)93)58-62-107(101)122(109)114-95(74-32-10-4-11-33-74)66-82(67-96(114)75-34-12-5-13-35-75)78-56-60-105-99(64-78)89-44-22-26-52-103(89)120(105)85-40-18-8-19-41-85/h4-73H,1-3H3. The van der Waals surface area contributed by atoms with Gasteiger partial charge < -0.3 is 27.8 Å². The summed E-state index contributed by atoms with van der Waals surface area (Å²) in [6, 6.07) is 158. The van der Waals surface area contributed by atoms with E-state index < -0.39 is 5.41 Å². The third-order valence-corrected chi connectivity index (χ3v) is 26.4. The number of para-hydroxylation sites is 8. The zero-order valence-electron chi connectivity index (χ0n) is 69.1. The molecule has 0 unspecified atom stereocenters. The van der Waals surface area contributed by atoms with E-state index in [1.807, 2.05) is 0 Å². The molecule has 2 aliphatic rings. The molecule has 25 rings (SSSR count). The van der Waals surface area contributed by atoms with E-state index in [1.165, 1.54) is 43.6 Å². The number of rotatable bonds is 12. The molecule has 6 nitrogen and oxygen atoms in total. The van der Waals surface area contributed by atoms with E-state index in [4.69, 9.17) is 8.83 Å². The molecule has 0 saturated heterocycles. The van der Waals surface area contributed by atoms with Gasteiger partial charge >= 0.3 is 0 Å². The van der Waals surface area contributed by atoms with E-state index in [1.54, 1.807) is 0 Å². The fraction of sp³-hybridized carbons (Fsp3) is 0.0339. The van der Waals surface area contributed by atoms with Crippen molar-refractivity contribution in [1.29, 1.82) is 0 Å². The minimum atomic E-state index is -0.392. The first-order chi connectivity index (χ1) is 61.7. The van der Waals surface area contributed by atoms with Gasteiger partial charge in [-0.05, 0) is 204 Å². The summed E-state index contributed by atoms with van der Waals surface area (Å²) in [5.41, 5.74) is 38.4. The molecule has 7 heteroatoms. The lowest BCUT2D eigenvalue weighted by molar-refractivity contribution is 0.590. The van der Waals surface area contributed by atoms with Gasteiger partial charge in [-0.25, -0.2) is 0 Å². The predicted octanol–water partition coefficient (Wildman–Crippen LogP) is 30.4. The van der Waals surface area contributed by atoms with Crippen LogP contribution in [0.5, 0.6) is 0 Å². The lowest BCUT2D eigenvalue weighted by Gasteiger charge is -2.46. The third-order valence-electron chi connectivity index (χ3n) is 26.4. The van der Waals surface area contributed by atoms with Crippen LogP contribution in [0.4, 0.5) is 34.1 Å². The van der Waals surface area contributed by atoms with Crippen LogP contribution in [-0.4, -0.2) is 15.8 Å². The number of hydrogen-bond donors (Lipinski definition) is 0. The van der Waals surface area contributed by atoms with Gasteiger partial charge in [-0.1, -0.05) is 324 Å². The fourth-order valence-electron chi connectivity index (χ4n) is 20.7. The van der Waals surface area contributed by atoms with Crippen LogP contribution in [0.25, 0.3) is 188 Å². The van der Waals surface area contributed by atoms with Crippen LogP contribution in [0.2, 0.25) is 0 Å². The van der Waals surface area contributed by atoms with Gasteiger partial charge in [0.25, 0.3) is 6.71 Å². The molecule has 125 heavy (non-hydrogen) atoms. The Morgan fingerprint density at radius 2 is 0.552 bits per heavy atom. The van der Waals surface area contributed by atoms with Gasteiger partial charge in [0.15, 0.2) is 0 Å². The van der Waals surface area contributed by atoms with Crippen LogP contribution in [0.15, 0.2) is 433 Å². The van der Waals surface area contributed by atoms with Gasteiger partial charge in [0.05, 0.1) is 33.4 Å². The van der Waals surface area contributed by atoms with E-state index in [0.717, 1.165) is 200 Å². The third kappa shape index (κ3) is 11.4. The summed E-state index contributed by atoms with van der Waals surface area (Å²) in [6.07, 6.45) is 0. The summed E-state index contributed by atoms with van der Waals surface area (Å²) >= 11 is 0. The molecule has 0 spiro atoms. The van der Waals surface area contributed by atoms with Gasteiger partial charge in [0.1, 0.15) is 22.3 Å². The Morgan fingerprint density at radius 3 is 0.936 bits per heavy atom. The zero-order chi connectivity index (χ0) is 82.7. The van der Waals surface area contributed by atoms with Gasteiger partial charge in [-0.3, -0.25) is 0 Å². The summed E-state index contributed by atoms with van der Waals surface area (Å²) in [5.74, 6) is 0. The Balaban J connectivity index is 0.813. The molecule has 0 fully saturated rings. The van der Waals surface area contributed by atoms with Crippen LogP contribution in [0.1, 0.15) is 26.3 Å². The van der Waals surface area contributed by atoms with E-state index in [0.29, 0.717) is 0 Å². The molecule has 0 saturated carbocycles. The van der Waals surface area contributed by atoms with Crippen molar-refractivity contribution in [2.75, 3.05) is 9.80 Å². The van der Waals surface area contributed by atoms with Crippen molar-refractivity contribution in [2.45, 2.75) is 26.2 Å². The van der Waals surface area contributed by atoms with Gasteiger partial charge in [-0.2, -0.15) is 0 Å². The second-order valence-electron chi connectivity index (χ2n) is 34.5. The predicted molar refractivity (Wildman–Crippen MR) is 526 cm³/mol. The van der Waals surface area contributed by atoms with E-state index in [2.05, 4.69) is 464 Å². The Morgan fingerprint density at radius 1 is 0.224 bits per heavy atom. The summed E-state index contributed by atoms with van der Waals surface area (Å²) in [5, 5.41) is 9.12. The molecule has 0 bridgehead atoms. The summed E-state index contributed by atoms with van der Waals surface area (Å²) in [4.78, 5) is 5.39. The molecule has 0 atom stereocenters. The molecule has 4 aromatic heterocycles. The Labute approximate surface area is 724 Å². The smallest absolute Gasteiger partial charge is 0.252 e. The van der Waals surface area contributed by atoms with Crippen molar-refractivity contribution in [3.63, 3.8) is 0 Å². The highest BCUT2D eigenvalue weighted by molar-refractivity contribution is 7.00. The first kappa shape index (κ1) is 71.9. The molecule has 0 amide bonds. The van der Waals surface area contributed by atoms with Gasteiger partial charge in [-0.15, -0.1) is 0 Å². The van der Waals surface area contributed by atoms with Crippen molar-refractivity contribution < 1.29 is 8.83 Å². The Hall–Kier alpha value is -16.0. The maximum absolute atomic E-state index is 7.10. The van der Waals surface area contributed by atoms with E-state index in [9.17, 15) is 0 Å². The fourth-order valence-corrected chi connectivity index (χ4v) is 20.7. The van der Waals surface area contributed by atoms with Crippen molar-refractivity contribution >= 4 is 145 Å². The second-order valence-corrected chi connectivity index (χ2v) is 34.5. The molecule has 0 radical (unpaired) electrons. The first-order valence-corrected chi connectivity index (χ1v) is 43.3.